The third-order valence-corrected chi connectivity index (χ3v) is 1.27. The molecule has 0 unspecified atom stereocenters. The largest absolute Gasteiger partial charge is 0.495 e. The van der Waals surface area contributed by atoms with Gasteiger partial charge in [0.1, 0.15) is 11.5 Å². The van der Waals surface area contributed by atoms with Gasteiger partial charge in [-0.3, -0.25) is 0 Å². The van der Waals surface area contributed by atoms with Gasteiger partial charge in [0.25, 0.3) is 0 Å². The van der Waals surface area contributed by atoms with Gasteiger partial charge >= 0.3 is 0 Å². The van der Waals surface area contributed by atoms with Crippen LogP contribution in [0.1, 0.15) is 5.69 Å². The minimum atomic E-state index is -0.417. The molecule has 0 saturated carbocycles. The highest BCUT2D eigenvalue weighted by atomic mass is 19.1. The van der Waals surface area contributed by atoms with Gasteiger partial charge in [-0.05, 0) is 12.1 Å². The van der Waals surface area contributed by atoms with Crippen LogP contribution in [0.25, 0.3) is 5.76 Å². The number of ether oxygens (including phenoxy) is 1. The van der Waals surface area contributed by atoms with Crippen molar-refractivity contribution in [2.75, 3.05) is 7.11 Å². The first-order valence-electron chi connectivity index (χ1n) is 3.09. The molecule has 3 heteroatoms. The summed E-state index contributed by atoms with van der Waals surface area (Å²) in [5.41, 5.74) is 0.162. The molecule has 0 aliphatic carbocycles. The fraction of sp³-hybridized carbons (Fsp3) is 0.125. The van der Waals surface area contributed by atoms with E-state index in [-0.39, 0.29) is 11.5 Å². The molecule has 0 spiro atoms. The summed E-state index contributed by atoms with van der Waals surface area (Å²) in [5.74, 6) is -0.178. The predicted octanol–water partition coefficient (Wildman–Crippen LogP) is 1.84. The Morgan fingerprint density at radius 2 is 2.45 bits per heavy atom. The Labute approximate surface area is 64.3 Å². The number of methoxy groups -OCH3 is 1. The minimum Gasteiger partial charge on any atom is -0.495 e. The molecular weight excluding hydrogens is 145 g/mol. The van der Waals surface area contributed by atoms with E-state index in [1.54, 1.807) is 0 Å². The lowest BCUT2D eigenvalue weighted by Crippen LogP contribution is -1.93. The lowest BCUT2D eigenvalue weighted by atomic mass is 10.3. The van der Waals surface area contributed by atoms with Crippen LogP contribution in [0, 0.1) is 5.82 Å². The van der Waals surface area contributed by atoms with Gasteiger partial charge in [-0.25, -0.2) is 9.37 Å². The highest BCUT2D eigenvalue weighted by molar-refractivity contribution is 5.53. The Kier molecular flexibility index (Phi) is 2.21. The van der Waals surface area contributed by atoms with Crippen LogP contribution in [-0.2, 0) is 4.74 Å². The van der Waals surface area contributed by atoms with Crippen LogP contribution in [0.3, 0.4) is 0 Å². The van der Waals surface area contributed by atoms with Crippen molar-refractivity contribution < 1.29 is 9.13 Å². The van der Waals surface area contributed by atoms with E-state index in [4.69, 9.17) is 4.74 Å². The molecule has 0 atom stereocenters. The van der Waals surface area contributed by atoms with Crippen molar-refractivity contribution in [2.45, 2.75) is 0 Å². The summed E-state index contributed by atoms with van der Waals surface area (Å²) < 4.78 is 17.5. The summed E-state index contributed by atoms with van der Waals surface area (Å²) in [6, 6.07) is 2.83. The molecule has 0 bridgehead atoms. The average molecular weight is 153 g/mol. The number of hydrogen-bond acceptors (Lipinski definition) is 2. The van der Waals surface area contributed by atoms with Gasteiger partial charge in [0.2, 0.25) is 0 Å². The standard InChI is InChI=1S/C8H8FNO/c1-6(11-2)8-7(9)4-3-5-10-8/h3-5H,1H2,2H3. The smallest absolute Gasteiger partial charge is 0.152 e. The Hall–Kier alpha value is -1.38. The molecule has 1 heterocycles. The summed E-state index contributed by atoms with van der Waals surface area (Å²) in [7, 11) is 1.43. The molecule has 0 fully saturated rings. The first-order chi connectivity index (χ1) is 5.25. The topological polar surface area (TPSA) is 22.1 Å². The zero-order chi connectivity index (χ0) is 8.27. The van der Waals surface area contributed by atoms with E-state index >= 15 is 0 Å². The second-order valence-corrected chi connectivity index (χ2v) is 1.96. The normalized spacial score (nSPS) is 9.27. The van der Waals surface area contributed by atoms with Crippen molar-refractivity contribution in [3.05, 3.63) is 36.4 Å². The summed E-state index contributed by atoms with van der Waals surface area (Å²) in [5, 5.41) is 0. The molecule has 58 valence electrons. The minimum absolute atomic E-state index is 0.162. The highest BCUT2D eigenvalue weighted by Gasteiger charge is 2.05. The number of aromatic nitrogens is 1. The number of rotatable bonds is 2. The zero-order valence-electron chi connectivity index (χ0n) is 6.17. The van der Waals surface area contributed by atoms with Crippen LogP contribution >= 0.6 is 0 Å². The highest BCUT2D eigenvalue weighted by Crippen LogP contribution is 2.12. The van der Waals surface area contributed by atoms with Crippen LogP contribution < -0.4 is 0 Å². The second-order valence-electron chi connectivity index (χ2n) is 1.96. The van der Waals surface area contributed by atoms with Gasteiger partial charge in [0.05, 0.1) is 7.11 Å². The quantitative estimate of drug-likeness (QED) is 0.605. The van der Waals surface area contributed by atoms with Gasteiger partial charge in [-0.15, -0.1) is 0 Å². The summed E-state index contributed by atoms with van der Waals surface area (Å²) >= 11 is 0. The molecule has 0 aliphatic rings. The van der Waals surface area contributed by atoms with Gasteiger partial charge in [-0.2, -0.15) is 0 Å². The van der Waals surface area contributed by atoms with E-state index in [2.05, 4.69) is 11.6 Å². The van der Waals surface area contributed by atoms with Crippen LogP contribution in [0.5, 0.6) is 0 Å². The van der Waals surface area contributed by atoms with Crippen molar-refractivity contribution in [1.29, 1.82) is 0 Å². The average Bonchev–Trinajstić information content (AvgIpc) is 2.04. The molecule has 1 rings (SSSR count). The number of halogens is 1. The number of hydrogen-bond donors (Lipinski definition) is 0. The van der Waals surface area contributed by atoms with Crippen LogP contribution in [0.2, 0.25) is 0 Å². The molecular formula is C8H8FNO. The lowest BCUT2D eigenvalue weighted by Gasteiger charge is -2.02. The lowest BCUT2D eigenvalue weighted by molar-refractivity contribution is 0.366. The van der Waals surface area contributed by atoms with Gasteiger partial charge in [0.15, 0.2) is 5.82 Å². The van der Waals surface area contributed by atoms with Gasteiger partial charge in [0, 0.05) is 6.20 Å². The molecule has 1 aromatic rings. The van der Waals surface area contributed by atoms with Crippen molar-refractivity contribution in [3.63, 3.8) is 0 Å². The van der Waals surface area contributed by atoms with E-state index in [1.807, 2.05) is 0 Å². The Morgan fingerprint density at radius 3 is 3.00 bits per heavy atom. The molecule has 1 aromatic heterocycles. The maximum Gasteiger partial charge on any atom is 0.152 e. The molecule has 0 N–H and O–H groups in total. The third kappa shape index (κ3) is 1.55. The molecule has 0 aliphatic heterocycles. The van der Waals surface area contributed by atoms with Crippen molar-refractivity contribution in [3.8, 4) is 0 Å². The second kappa shape index (κ2) is 3.14. The Bertz CT molecular complexity index is 273. The molecule has 0 amide bonds. The SMILES string of the molecule is C=C(OC)c1ncccc1F. The number of pyridine rings is 1. The Balaban J connectivity index is 3.03. The van der Waals surface area contributed by atoms with Crippen LogP contribution in [0.15, 0.2) is 24.9 Å². The molecule has 0 aromatic carbocycles. The van der Waals surface area contributed by atoms with Crippen LogP contribution in [-0.4, -0.2) is 12.1 Å². The van der Waals surface area contributed by atoms with Crippen molar-refractivity contribution in [2.24, 2.45) is 0 Å². The maximum atomic E-state index is 12.8. The molecule has 0 saturated heterocycles. The molecule has 0 radical (unpaired) electrons. The summed E-state index contributed by atoms with van der Waals surface area (Å²) in [6.07, 6.45) is 1.49. The van der Waals surface area contributed by atoms with E-state index in [0.717, 1.165) is 0 Å². The fourth-order valence-corrected chi connectivity index (χ4v) is 0.688. The summed E-state index contributed by atoms with van der Waals surface area (Å²) in [6.45, 7) is 3.48. The molecule has 2 nitrogen and oxygen atoms in total. The molecule has 11 heavy (non-hydrogen) atoms. The predicted molar refractivity (Wildman–Crippen MR) is 40.2 cm³/mol. The summed E-state index contributed by atoms with van der Waals surface area (Å²) in [4.78, 5) is 3.75. The van der Waals surface area contributed by atoms with Gasteiger partial charge in [-0.1, -0.05) is 6.58 Å². The van der Waals surface area contributed by atoms with Gasteiger partial charge < -0.3 is 4.74 Å². The first-order valence-corrected chi connectivity index (χ1v) is 3.09. The van der Waals surface area contributed by atoms with E-state index in [9.17, 15) is 4.39 Å². The number of nitrogens with zero attached hydrogens (tertiary/aromatic N) is 1. The zero-order valence-corrected chi connectivity index (χ0v) is 6.17. The fourth-order valence-electron chi connectivity index (χ4n) is 0.688. The van der Waals surface area contributed by atoms with E-state index in [1.165, 1.54) is 25.4 Å². The van der Waals surface area contributed by atoms with E-state index in [0.29, 0.717) is 0 Å². The maximum absolute atomic E-state index is 12.8. The van der Waals surface area contributed by atoms with E-state index < -0.39 is 5.82 Å². The van der Waals surface area contributed by atoms with Crippen molar-refractivity contribution >= 4 is 5.76 Å². The third-order valence-electron chi connectivity index (χ3n) is 1.27. The first kappa shape index (κ1) is 7.72. The van der Waals surface area contributed by atoms with Crippen molar-refractivity contribution in [1.82, 2.24) is 4.98 Å². The van der Waals surface area contributed by atoms with Crippen LogP contribution in [0.4, 0.5) is 4.39 Å². The monoisotopic (exact) mass is 153 g/mol. The Morgan fingerprint density at radius 1 is 1.73 bits per heavy atom.